The van der Waals surface area contributed by atoms with Crippen LogP contribution in [-0.4, -0.2) is 11.0 Å². The van der Waals surface area contributed by atoms with Gasteiger partial charge >= 0.3 is 0 Å². The Morgan fingerprint density at radius 3 is 2.44 bits per heavy atom. The fraction of sp³-hybridized carbons (Fsp3) is 0.300. The molecule has 0 aliphatic rings. The van der Waals surface area contributed by atoms with Crippen molar-refractivity contribution in [2.24, 2.45) is 0 Å². The molecule has 0 aromatic heterocycles. The van der Waals surface area contributed by atoms with Gasteiger partial charge in [-0.3, -0.25) is 15.6 Å². The average molecular weight is 356 g/mol. The van der Waals surface area contributed by atoms with E-state index in [2.05, 4.69) is 35.2 Å². The molecule has 2 aromatic rings. The minimum Gasteiger partial charge on any atom is -0.331 e. The van der Waals surface area contributed by atoms with Gasteiger partial charge in [-0.05, 0) is 60.8 Å². The normalized spacial score (nSPS) is 10.2. The molecule has 4 nitrogen and oxygen atoms in total. The molecule has 2 rings (SSSR count). The summed E-state index contributed by atoms with van der Waals surface area (Å²) in [5.74, 6) is -0.131. The van der Waals surface area contributed by atoms with Gasteiger partial charge in [-0.1, -0.05) is 49.7 Å². The molecule has 0 aliphatic heterocycles. The maximum Gasteiger partial charge on any atom is 0.242 e. The maximum atomic E-state index is 12.0. The molecule has 0 saturated heterocycles. The van der Waals surface area contributed by atoms with Crippen molar-refractivity contribution in [3.63, 3.8) is 0 Å². The third-order valence-electron chi connectivity index (χ3n) is 3.96. The van der Waals surface area contributed by atoms with Crippen LogP contribution in [0.25, 0.3) is 0 Å². The summed E-state index contributed by atoms with van der Waals surface area (Å²) in [6.45, 7) is 4.18. The molecule has 0 heterocycles. The van der Waals surface area contributed by atoms with Crippen LogP contribution >= 0.6 is 12.2 Å². The number of thiocarbonyl (C=S) groups is 1. The molecule has 0 aliphatic carbocycles. The molecule has 25 heavy (non-hydrogen) atoms. The lowest BCUT2D eigenvalue weighted by Gasteiger charge is -2.12. The molecule has 0 spiro atoms. The number of hydrogen-bond acceptors (Lipinski definition) is 2. The zero-order valence-electron chi connectivity index (χ0n) is 14.8. The molecule has 0 saturated carbocycles. The Hall–Kier alpha value is -2.40. The summed E-state index contributed by atoms with van der Waals surface area (Å²) >= 11 is 5.21. The number of nitrogens with one attached hydrogen (secondary N) is 3. The van der Waals surface area contributed by atoms with Gasteiger partial charge < -0.3 is 5.32 Å². The molecule has 0 atom stereocenters. The van der Waals surface area contributed by atoms with Crippen LogP contribution in [-0.2, 0) is 17.6 Å². The molecule has 0 unspecified atom stereocenters. The van der Waals surface area contributed by atoms with E-state index in [9.17, 15) is 4.79 Å². The number of hydrazine groups is 1. The highest BCUT2D eigenvalue weighted by molar-refractivity contribution is 7.80. The number of unbranched alkanes of at least 4 members (excludes halogenated alkanes) is 1. The predicted molar refractivity (Wildman–Crippen MR) is 107 cm³/mol. The van der Waals surface area contributed by atoms with Crippen molar-refractivity contribution < 1.29 is 4.79 Å². The molecular formula is C20H25N3OS. The van der Waals surface area contributed by atoms with Crippen LogP contribution in [0, 0.1) is 6.92 Å². The first-order chi connectivity index (χ1) is 12.1. The molecule has 5 heteroatoms. The topological polar surface area (TPSA) is 53.2 Å². The van der Waals surface area contributed by atoms with Crippen LogP contribution in [0.15, 0.2) is 48.5 Å². The van der Waals surface area contributed by atoms with E-state index in [1.54, 1.807) is 0 Å². The second-order valence-electron chi connectivity index (χ2n) is 6.03. The van der Waals surface area contributed by atoms with Crippen LogP contribution in [0.5, 0.6) is 0 Å². The lowest BCUT2D eigenvalue weighted by atomic mass is 10.1. The minimum absolute atomic E-state index is 0.131. The van der Waals surface area contributed by atoms with E-state index in [4.69, 9.17) is 12.2 Å². The standard InChI is InChI=1S/C20H25N3OS/c1-3-4-8-16-10-12-18(13-11-16)21-20(25)23-22-19(24)14-17-9-6-5-7-15(17)2/h5-7,9-13H,3-4,8,14H2,1-2H3,(H,22,24)(H2,21,23,25). The van der Waals surface area contributed by atoms with Crippen molar-refractivity contribution in [1.29, 1.82) is 0 Å². The Morgan fingerprint density at radius 1 is 1.04 bits per heavy atom. The van der Waals surface area contributed by atoms with Crippen molar-refractivity contribution in [3.8, 4) is 0 Å². The Bertz CT molecular complexity index is 713. The van der Waals surface area contributed by atoms with Gasteiger partial charge in [0.05, 0.1) is 6.42 Å². The highest BCUT2D eigenvalue weighted by Crippen LogP contribution is 2.11. The Morgan fingerprint density at radius 2 is 1.76 bits per heavy atom. The molecule has 132 valence electrons. The number of benzene rings is 2. The fourth-order valence-electron chi connectivity index (χ4n) is 2.45. The number of rotatable bonds is 6. The van der Waals surface area contributed by atoms with Crippen LogP contribution in [0.1, 0.15) is 36.5 Å². The molecule has 0 radical (unpaired) electrons. The monoisotopic (exact) mass is 355 g/mol. The van der Waals surface area contributed by atoms with Crippen molar-refractivity contribution in [3.05, 3.63) is 65.2 Å². The van der Waals surface area contributed by atoms with Crippen LogP contribution in [0.2, 0.25) is 0 Å². The minimum atomic E-state index is -0.131. The number of anilines is 1. The first kappa shape index (κ1) is 18.9. The van der Waals surface area contributed by atoms with Gasteiger partial charge in [-0.25, -0.2) is 0 Å². The first-order valence-electron chi connectivity index (χ1n) is 8.57. The van der Waals surface area contributed by atoms with E-state index in [-0.39, 0.29) is 5.91 Å². The van der Waals surface area contributed by atoms with Crippen LogP contribution in [0.3, 0.4) is 0 Å². The summed E-state index contributed by atoms with van der Waals surface area (Å²) in [5.41, 5.74) is 9.68. The van der Waals surface area contributed by atoms with E-state index in [0.717, 1.165) is 23.2 Å². The number of carbonyl (C=O) groups excluding carboxylic acids is 1. The SMILES string of the molecule is CCCCc1ccc(NC(=S)NNC(=O)Cc2ccccc2C)cc1. The van der Waals surface area contributed by atoms with E-state index in [0.29, 0.717) is 11.5 Å². The summed E-state index contributed by atoms with van der Waals surface area (Å²) < 4.78 is 0. The molecule has 0 fully saturated rings. The first-order valence-corrected chi connectivity index (χ1v) is 8.98. The molecule has 2 aromatic carbocycles. The van der Waals surface area contributed by atoms with Gasteiger partial charge in [0.2, 0.25) is 5.91 Å². The van der Waals surface area contributed by atoms with Crippen LogP contribution < -0.4 is 16.2 Å². The number of carbonyl (C=O) groups is 1. The average Bonchev–Trinajstić information content (AvgIpc) is 2.61. The number of hydrogen-bond donors (Lipinski definition) is 3. The quantitative estimate of drug-likeness (QED) is 0.543. The Balaban J connectivity index is 1.76. The van der Waals surface area contributed by atoms with E-state index >= 15 is 0 Å². The summed E-state index contributed by atoms with van der Waals surface area (Å²) in [5, 5.41) is 3.42. The highest BCUT2D eigenvalue weighted by atomic mass is 32.1. The maximum absolute atomic E-state index is 12.0. The van der Waals surface area contributed by atoms with Gasteiger partial charge in [0.1, 0.15) is 0 Å². The van der Waals surface area contributed by atoms with E-state index in [1.807, 2.05) is 43.3 Å². The van der Waals surface area contributed by atoms with Gasteiger partial charge in [-0.2, -0.15) is 0 Å². The second kappa shape index (κ2) is 9.79. The highest BCUT2D eigenvalue weighted by Gasteiger charge is 2.06. The van der Waals surface area contributed by atoms with Crippen molar-refractivity contribution in [1.82, 2.24) is 10.9 Å². The summed E-state index contributed by atoms with van der Waals surface area (Å²) in [7, 11) is 0. The zero-order chi connectivity index (χ0) is 18.1. The van der Waals surface area contributed by atoms with Gasteiger partial charge in [0.15, 0.2) is 5.11 Å². The Labute approximate surface area is 155 Å². The fourth-order valence-corrected chi connectivity index (χ4v) is 2.62. The number of aryl methyl sites for hydroxylation is 2. The Kier molecular flexibility index (Phi) is 7.41. The lowest BCUT2D eigenvalue weighted by Crippen LogP contribution is -2.44. The van der Waals surface area contributed by atoms with Crippen molar-refractivity contribution in [2.45, 2.75) is 39.5 Å². The van der Waals surface area contributed by atoms with Crippen molar-refractivity contribution in [2.75, 3.05) is 5.32 Å². The molecule has 1 amide bonds. The summed E-state index contributed by atoms with van der Waals surface area (Å²) in [4.78, 5) is 12.0. The van der Waals surface area contributed by atoms with Crippen molar-refractivity contribution >= 4 is 28.9 Å². The van der Waals surface area contributed by atoms with Gasteiger partial charge in [-0.15, -0.1) is 0 Å². The van der Waals surface area contributed by atoms with E-state index in [1.165, 1.54) is 18.4 Å². The number of amides is 1. The van der Waals surface area contributed by atoms with Gasteiger partial charge in [0.25, 0.3) is 0 Å². The molecule has 0 bridgehead atoms. The lowest BCUT2D eigenvalue weighted by molar-refractivity contribution is -0.121. The summed E-state index contributed by atoms with van der Waals surface area (Å²) in [6, 6.07) is 16.0. The van der Waals surface area contributed by atoms with Gasteiger partial charge in [0, 0.05) is 5.69 Å². The summed E-state index contributed by atoms with van der Waals surface area (Å²) in [6.07, 6.45) is 3.79. The largest absolute Gasteiger partial charge is 0.331 e. The zero-order valence-corrected chi connectivity index (χ0v) is 15.6. The third kappa shape index (κ3) is 6.55. The third-order valence-corrected chi connectivity index (χ3v) is 4.16. The smallest absolute Gasteiger partial charge is 0.242 e. The second-order valence-corrected chi connectivity index (χ2v) is 6.44. The predicted octanol–water partition coefficient (Wildman–Crippen LogP) is 3.90. The molecule has 3 N–H and O–H groups in total. The van der Waals surface area contributed by atoms with Crippen LogP contribution in [0.4, 0.5) is 5.69 Å². The van der Waals surface area contributed by atoms with E-state index < -0.39 is 0 Å². The molecular weight excluding hydrogens is 330 g/mol.